The van der Waals surface area contributed by atoms with Gasteiger partial charge in [0, 0.05) is 18.3 Å². The molecule has 1 fully saturated rings. The van der Waals surface area contributed by atoms with Gasteiger partial charge >= 0.3 is 0 Å². The lowest BCUT2D eigenvalue weighted by Gasteiger charge is -2.29. The van der Waals surface area contributed by atoms with Crippen molar-refractivity contribution in [2.24, 2.45) is 0 Å². The van der Waals surface area contributed by atoms with Crippen molar-refractivity contribution in [3.8, 4) is 6.07 Å². The molecular formula is C21H20N4O2S. The number of nitriles is 1. The normalized spacial score (nSPS) is 15.5. The largest absolute Gasteiger partial charge is 0.326 e. The number of nitrogens with one attached hydrogen (secondary N) is 1. The molecule has 1 aliphatic rings. The number of amides is 2. The Kier molecular flexibility index (Phi) is 4.92. The number of hydrogen-bond donors (Lipinski definition) is 1. The summed E-state index contributed by atoms with van der Waals surface area (Å²) in [6.45, 7) is 6.91. The van der Waals surface area contributed by atoms with Crippen molar-refractivity contribution in [1.29, 1.82) is 5.26 Å². The second kappa shape index (κ2) is 7.06. The number of nitrogens with zero attached hydrogens (tertiary/aromatic N) is 3. The monoisotopic (exact) mass is 392 g/mol. The average Bonchev–Trinajstić information content (AvgIpc) is 2.80. The number of aryl methyl sites for hydroxylation is 1. The second-order valence-electron chi connectivity index (χ2n) is 7.16. The molecule has 1 heterocycles. The Bertz CT molecular complexity index is 1020. The van der Waals surface area contributed by atoms with Crippen molar-refractivity contribution in [1.82, 2.24) is 0 Å². The molecule has 7 heteroatoms. The van der Waals surface area contributed by atoms with Crippen molar-refractivity contribution in [2.75, 3.05) is 15.1 Å². The number of carbonyl (C=O) groups is 2. The minimum absolute atomic E-state index is 0.146. The molecule has 0 radical (unpaired) electrons. The van der Waals surface area contributed by atoms with Gasteiger partial charge in [-0.25, -0.2) is 0 Å². The molecular weight excluding hydrogens is 372 g/mol. The van der Waals surface area contributed by atoms with E-state index in [-0.39, 0.29) is 11.8 Å². The minimum atomic E-state index is -0.881. The first-order chi connectivity index (χ1) is 13.2. The van der Waals surface area contributed by atoms with Crippen LogP contribution < -0.4 is 15.1 Å². The van der Waals surface area contributed by atoms with Crippen LogP contribution in [0.3, 0.4) is 0 Å². The number of carbonyl (C=O) groups excluding carboxylic acids is 2. The van der Waals surface area contributed by atoms with Crippen molar-refractivity contribution in [3.63, 3.8) is 0 Å². The fourth-order valence-electron chi connectivity index (χ4n) is 3.27. The topological polar surface area (TPSA) is 76.4 Å². The average molecular weight is 392 g/mol. The smallest absolute Gasteiger partial charge is 0.259 e. The highest BCUT2D eigenvalue weighted by Crippen LogP contribution is 2.37. The van der Waals surface area contributed by atoms with E-state index in [0.29, 0.717) is 22.1 Å². The van der Waals surface area contributed by atoms with Gasteiger partial charge in [0.15, 0.2) is 5.11 Å². The van der Waals surface area contributed by atoms with E-state index in [1.165, 1.54) is 11.8 Å². The Morgan fingerprint density at radius 2 is 1.75 bits per heavy atom. The van der Waals surface area contributed by atoms with Crippen molar-refractivity contribution < 1.29 is 9.59 Å². The number of rotatable bonds is 3. The summed E-state index contributed by atoms with van der Waals surface area (Å²) in [6.07, 6.45) is 0. The highest BCUT2D eigenvalue weighted by atomic mass is 32.1. The van der Waals surface area contributed by atoms with E-state index in [4.69, 9.17) is 17.5 Å². The lowest BCUT2D eigenvalue weighted by molar-refractivity contribution is -0.120. The highest BCUT2D eigenvalue weighted by molar-refractivity contribution is 7.81. The maximum Gasteiger partial charge on any atom is 0.259 e. The Labute approximate surface area is 169 Å². The molecule has 0 bridgehead atoms. The first kappa shape index (κ1) is 19.5. The number of thiocarbonyl (C=S) groups is 1. The Balaban J connectivity index is 1.99. The summed E-state index contributed by atoms with van der Waals surface area (Å²) in [5, 5.41) is 12.2. The molecule has 28 heavy (non-hydrogen) atoms. The number of anilines is 3. The molecule has 3 rings (SSSR count). The minimum Gasteiger partial charge on any atom is -0.326 e. The van der Waals surface area contributed by atoms with Crippen molar-refractivity contribution in [2.45, 2.75) is 33.2 Å². The van der Waals surface area contributed by atoms with Gasteiger partial charge in [-0.3, -0.25) is 14.5 Å². The van der Waals surface area contributed by atoms with Crippen LogP contribution in [-0.4, -0.2) is 22.5 Å². The maximum atomic E-state index is 13.2. The molecule has 0 spiro atoms. The molecule has 2 amide bonds. The Hall–Kier alpha value is -3.24. The van der Waals surface area contributed by atoms with E-state index in [1.54, 1.807) is 35.2 Å². The van der Waals surface area contributed by atoms with Gasteiger partial charge in [0.1, 0.15) is 5.54 Å². The molecule has 0 aliphatic carbocycles. The first-order valence-corrected chi connectivity index (χ1v) is 9.15. The summed E-state index contributed by atoms with van der Waals surface area (Å²) >= 11 is 5.66. The lowest BCUT2D eigenvalue weighted by atomic mass is 10.0. The van der Waals surface area contributed by atoms with Crippen LogP contribution in [0.2, 0.25) is 0 Å². The van der Waals surface area contributed by atoms with Crippen molar-refractivity contribution >= 4 is 46.2 Å². The van der Waals surface area contributed by atoms with E-state index < -0.39 is 5.54 Å². The quantitative estimate of drug-likeness (QED) is 0.805. The van der Waals surface area contributed by atoms with Crippen LogP contribution in [0.1, 0.15) is 31.9 Å². The van der Waals surface area contributed by atoms with Crippen molar-refractivity contribution in [3.05, 3.63) is 53.6 Å². The number of hydrogen-bond acceptors (Lipinski definition) is 4. The molecule has 1 N–H and O–H groups in total. The summed E-state index contributed by atoms with van der Waals surface area (Å²) in [5.74, 6) is -0.296. The zero-order valence-corrected chi connectivity index (χ0v) is 16.9. The predicted octanol–water partition coefficient (Wildman–Crippen LogP) is 3.74. The molecule has 0 atom stereocenters. The van der Waals surface area contributed by atoms with Crippen LogP contribution in [0.15, 0.2) is 42.5 Å². The first-order valence-electron chi connectivity index (χ1n) is 8.74. The summed E-state index contributed by atoms with van der Waals surface area (Å²) in [4.78, 5) is 27.7. The van der Waals surface area contributed by atoms with Gasteiger partial charge in [-0.05, 0) is 81.0 Å². The highest BCUT2D eigenvalue weighted by Gasteiger charge is 2.50. The SMILES string of the molecule is CC(=O)Nc1ccc(N2C(=S)N(c3ccc(C#N)c(C)c3)C(=O)C2(C)C)cc1. The molecule has 0 aromatic heterocycles. The van der Waals surface area contributed by atoms with Gasteiger partial charge in [-0.2, -0.15) is 5.26 Å². The van der Waals surface area contributed by atoms with Gasteiger partial charge in [0.05, 0.1) is 17.3 Å². The summed E-state index contributed by atoms with van der Waals surface area (Å²) in [7, 11) is 0. The second-order valence-corrected chi connectivity index (χ2v) is 7.52. The Morgan fingerprint density at radius 3 is 2.29 bits per heavy atom. The predicted molar refractivity (Wildman–Crippen MR) is 113 cm³/mol. The van der Waals surface area contributed by atoms with Crippen LogP contribution >= 0.6 is 12.2 Å². The zero-order chi connectivity index (χ0) is 20.6. The van der Waals surface area contributed by atoms with Gasteiger partial charge < -0.3 is 10.2 Å². The molecule has 0 unspecified atom stereocenters. The molecule has 142 valence electrons. The fraction of sp³-hybridized carbons (Fsp3) is 0.238. The molecule has 6 nitrogen and oxygen atoms in total. The summed E-state index contributed by atoms with van der Waals surface area (Å²) < 4.78 is 0. The number of benzene rings is 2. The third-order valence-corrected chi connectivity index (χ3v) is 5.07. The Morgan fingerprint density at radius 1 is 1.14 bits per heavy atom. The standard InChI is InChI=1S/C21H20N4O2S/c1-13-11-18(8-5-15(13)12-22)24-19(27)21(3,4)25(20(24)28)17-9-6-16(7-10-17)23-14(2)26/h5-11H,1-4H3,(H,23,26). The van der Waals surface area contributed by atoms with E-state index >= 15 is 0 Å². The van der Waals surface area contributed by atoms with Crippen LogP contribution in [0.4, 0.5) is 17.1 Å². The third-order valence-electron chi connectivity index (χ3n) is 4.70. The van der Waals surface area contributed by atoms with Crippen LogP contribution in [-0.2, 0) is 9.59 Å². The van der Waals surface area contributed by atoms with Gasteiger partial charge in [0.25, 0.3) is 5.91 Å². The lowest BCUT2D eigenvalue weighted by Crippen LogP contribution is -2.44. The fourth-order valence-corrected chi connectivity index (χ4v) is 3.79. The van der Waals surface area contributed by atoms with E-state index in [1.807, 2.05) is 32.9 Å². The zero-order valence-electron chi connectivity index (χ0n) is 16.1. The summed E-state index contributed by atoms with van der Waals surface area (Å²) in [5.41, 5.74) is 2.53. The summed E-state index contributed by atoms with van der Waals surface area (Å²) in [6, 6.07) is 14.5. The van der Waals surface area contributed by atoms with Gasteiger partial charge in [-0.1, -0.05) is 0 Å². The van der Waals surface area contributed by atoms with E-state index in [2.05, 4.69) is 11.4 Å². The van der Waals surface area contributed by atoms with Crippen LogP contribution in [0, 0.1) is 18.3 Å². The maximum absolute atomic E-state index is 13.2. The van der Waals surface area contributed by atoms with Gasteiger partial charge in [-0.15, -0.1) is 0 Å². The molecule has 2 aromatic carbocycles. The van der Waals surface area contributed by atoms with E-state index in [0.717, 1.165) is 11.3 Å². The third kappa shape index (κ3) is 3.23. The van der Waals surface area contributed by atoms with Crippen LogP contribution in [0.5, 0.6) is 0 Å². The molecule has 1 aliphatic heterocycles. The van der Waals surface area contributed by atoms with Gasteiger partial charge in [0.2, 0.25) is 5.91 Å². The van der Waals surface area contributed by atoms with E-state index in [9.17, 15) is 9.59 Å². The molecule has 1 saturated heterocycles. The molecule has 2 aromatic rings. The van der Waals surface area contributed by atoms with Crippen LogP contribution in [0.25, 0.3) is 0 Å². The molecule has 0 saturated carbocycles.